The van der Waals surface area contributed by atoms with Crippen LogP contribution in [0.15, 0.2) is 18.3 Å². The lowest BCUT2D eigenvalue weighted by Crippen LogP contribution is -2.61. The third kappa shape index (κ3) is 3.54. The van der Waals surface area contributed by atoms with Gasteiger partial charge in [0.2, 0.25) is 0 Å². The second-order valence-corrected chi connectivity index (χ2v) is 6.19. The summed E-state index contributed by atoms with van der Waals surface area (Å²) in [4.78, 5) is 7.19. The molecule has 0 aromatic carbocycles. The lowest BCUT2D eigenvalue weighted by atomic mass is 9.97. The number of hydrogen-bond acceptors (Lipinski definition) is 3. The third-order valence-electron chi connectivity index (χ3n) is 4.12. The molecule has 1 N–H and O–H groups in total. The number of hydrogen-bond donors (Lipinski definition) is 1. The van der Waals surface area contributed by atoms with Gasteiger partial charge in [-0.2, -0.15) is 0 Å². The topological polar surface area (TPSA) is 28.2 Å². The number of nitrogens with one attached hydrogen (secondary N) is 1. The molecule has 1 atom stereocenters. The van der Waals surface area contributed by atoms with E-state index in [-0.39, 0.29) is 5.54 Å². The van der Waals surface area contributed by atoms with Gasteiger partial charge in [0.05, 0.1) is 5.69 Å². The van der Waals surface area contributed by atoms with Crippen molar-refractivity contribution in [1.82, 2.24) is 15.2 Å². The maximum atomic E-state index is 4.60. The largest absolute Gasteiger partial charge is 0.309 e. The Kier molecular flexibility index (Phi) is 4.58. The van der Waals surface area contributed by atoms with Gasteiger partial charge >= 0.3 is 0 Å². The summed E-state index contributed by atoms with van der Waals surface area (Å²) in [5.41, 5.74) is 2.84. The van der Waals surface area contributed by atoms with E-state index in [2.05, 4.69) is 49.0 Å². The number of pyridine rings is 1. The van der Waals surface area contributed by atoms with Crippen molar-refractivity contribution in [3.63, 3.8) is 0 Å². The monoisotopic (exact) mass is 261 g/mol. The molecule has 3 nitrogen and oxygen atoms in total. The van der Waals surface area contributed by atoms with E-state index < -0.39 is 0 Å². The zero-order chi connectivity index (χ0) is 13.9. The molecule has 1 saturated heterocycles. The second-order valence-electron chi connectivity index (χ2n) is 6.19. The van der Waals surface area contributed by atoms with Gasteiger partial charge < -0.3 is 5.32 Å². The zero-order valence-electron chi connectivity index (χ0n) is 12.7. The quantitative estimate of drug-likeness (QED) is 0.903. The summed E-state index contributed by atoms with van der Waals surface area (Å²) in [6.45, 7) is 12.2. The summed E-state index contributed by atoms with van der Waals surface area (Å²) < 4.78 is 0. The minimum Gasteiger partial charge on any atom is -0.309 e. The SMILES string of the molecule is CCc1cccnc1CN1CC(C)(C)NCC1CC. The molecular formula is C16H27N3. The standard InChI is InChI=1S/C16H27N3/c1-5-13-8-7-9-17-15(13)11-19-12-16(3,4)18-10-14(19)6-2/h7-9,14,18H,5-6,10-12H2,1-4H3. The number of aryl methyl sites for hydroxylation is 1. The molecule has 1 aliphatic rings. The fourth-order valence-electron chi connectivity index (χ4n) is 2.93. The fourth-order valence-corrected chi connectivity index (χ4v) is 2.93. The van der Waals surface area contributed by atoms with E-state index in [1.165, 1.54) is 17.7 Å². The first-order valence-corrected chi connectivity index (χ1v) is 7.47. The van der Waals surface area contributed by atoms with Crippen LogP contribution in [-0.4, -0.2) is 34.6 Å². The molecule has 3 heteroatoms. The Morgan fingerprint density at radius 2 is 2.21 bits per heavy atom. The van der Waals surface area contributed by atoms with Crippen molar-refractivity contribution < 1.29 is 0 Å². The molecule has 2 rings (SSSR count). The number of nitrogens with zero attached hydrogens (tertiary/aromatic N) is 2. The van der Waals surface area contributed by atoms with Gasteiger partial charge in [-0.15, -0.1) is 0 Å². The van der Waals surface area contributed by atoms with Gasteiger partial charge in [-0.3, -0.25) is 9.88 Å². The molecule has 106 valence electrons. The van der Waals surface area contributed by atoms with Crippen LogP contribution in [0.2, 0.25) is 0 Å². The Bertz CT molecular complexity index is 414. The van der Waals surface area contributed by atoms with E-state index in [0.29, 0.717) is 6.04 Å². The first-order chi connectivity index (χ1) is 9.05. The zero-order valence-corrected chi connectivity index (χ0v) is 12.7. The number of piperazine rings is 1. The van der Waals surface area contributed by atoms with Gasteiger partial charge in [-0.1, -0.05) is 19.9 Å². The molecule has 0 bridgehead atoms. The molecule has 0 spiro atoms. The van der Waals surface area contributed by atoms with Crippen molar-refractivity contribution in [3.05, 3.63) is 29.6 Å². The fraction of sp³-hybridized carbons (Fsp3) is 0.688. The molecule has 0 radical (unpaired) electrons. The molecule has 1 aromatic rings. The lowest BCUT2D eigenvalue weighted by Gasteiger charge is -2.44. The summed E-state index contributed by atoms with van der Waals surface area (Å²) in [5, 5.41) is 3.64. The highest BCUT2D eigenvalue weighted by Gasteiger charge is 2.31. The van der Waals surface area contributed by atoms with E-state index in [9.17, 15) is 0 Å². The van der Waals surface area contributed by atoms with Crippen LogP contribution in [-0.2, 0) is 13.0 Å². The summed E-state index contributed by atoms with van der Waals surface area (Å²) in [5.74, 6) is 0. The van der Waals surface area contributed by atoms with Gasteiger partial charge in [0.15, 0.2) is 0 Å². The molecule has 1 fully saturated rings. The summed E-state index contributed by atoms with van der Waals surface area (Å²) >= 11 is 0. The second kappa shape index (κ2) is 6.02. The Morgan fingerprint density at radius 3 is 2.89 bits per heavy atom. The van der Waals surface area contributed by atoms with Crippen molar-refractivity contribution in [1.29, 1.82) is 0 Å². The predicted molar refractivity (Wildman–Crippen MR) is 80.2 cm³/mol. The minimum atomic E-state index is 0.201. The molecule has 1 unspecified atom stereocenters. The van der Waals surface area contributed by atoms with Gasteiger partial charge in [-0.05, 0) is 38.3 Å². The van der Waals surface area contributed by atoms with Crippen molar-refractivity contribution in [2.75, 3.05) is 13.1 Å². The van der Waals surface area contributed by atoms with E-state index in [4.69, 9.17) is 0 Å². The van der Waals surface area contributed by atoms with Gasteiger partial charge in [0.1, 0.15) is 0 Å². The first-order valence-electron chi connectivity index (χ1n) is 7.47. The highest BCUT2D eigenvalue weighted by Crippen LogP contribution is 2.20. The molecule has 0 amide bonds. The van der Waals surface area contributed by atoms with Crippen LogP contribution in [0.25, 0.3) is 0 Å². The molecule has 0 aliphatic carbocycles. The molecular weight excluding hydrogens is 234 g/mol. The van der Waals surface area contributed by atoms with E-state index in [1.807, 2.05) is 12.3 Å². The highest BCUT2D eigenvalue weighted by molar-refractivity contribution is 5.19. The first kappa shape index (κ1) is 14.5. The third-order valence-corrected chi connectivity index (χ3v) is 4.12. The average molecular weight is 261 g/mol. The molecule has 0 saturated carbocycles. The van der Waals surface area contributed by atoms with Crippen LogP contribution >= 0.6 is 0 Å². The van der Waals surface area contributed by atoms with Crippen LogP contribution in [0.4, 0.5) is 0 Å². The average Bonchev–Trinajstić information content (AvgIpc) is 2.39. The van der Waals surface area contributed by atoms with Gasteiger partial charge in [-0.25, -0.2) is 0 Å². The van der Waals surface area contributed by atoms with Crippen LogP contribution in [0.5, 0.6) is 0 Å². The maximum Gasteiger partial charge on any atom is 0.0575 e. The molecule has 1 aliphatic heterocycles. The van der Waals surface area contributed by atoms with Crippen molar-refractivity contribution >= 4 is 0 Å². The van der Waals surface area contributed by atoms with Crippen LogP contribution in [0.3, 0.4) is 0 Å². The van der Waals surface area contributed by atoms with Gasteiger partial charge in [0.25, 0.3) is 0 Å². The summed E-state index contributed by atoms with van der Waals surface area (Å²) in [6, 6.07) is 4.87. The van der Waals surface area contributed by atoms with Crippen LogP contribution < -0.4 is 5.32 Å². The van der Waals surface area contributed by atoms with Crippen LogP contribution in [0, 0.1) is 0 Å². The number of rotatable bonds is 4. The van der Waals surface area contributed by atoms with Crippen LogP contribution in [0.1, 0.15) is 45.4 Å². The molecule has 2 heterocycles. The smallest absolute Gasteiger partial charge is 0.0575 e. The summed E-state index contributed by atoms with van der Waals surface area (Å²) in [7, 11) is 0. The normalized spacial score (nSPS) is 23.5. The number of aromatic nitrogens is 1. The minimum absolute atomic E-state index is 0.201. The Morgan fingerprint density at radius 1 is 1.42 bits per heavy atom. The van der Waals surface area contributed by atoms with Crippen molar-refractivity contribution in [2.45, 2.75) is 58.7 Å². The van der Waals surface area contributed by atoms with E-state index >= 15 is 0 Å². The summed E-state index contributed by atoms with van der Waals surface area (Å²) in [6.07, 6.45) is 4.18. The van der Waals surface area contributed by atoms with Crippen molar-refractivity contribution in [2.24, 2.45) is 0 Å². The van der Waals surface area contributed by atoms with Crippen molar-refractivity contribution in [3.8, 4) is 0 Å². The Labute approximate surface area is 117 Å². The Balaban J connectivity index is 2.14. The highest BCUT2D eigenvalue weighted by atomic mass is 15.2. The maximum absolute atomic E-state index is 4.60. The van der Waals surface area contributed by atoms with Gasteiger partial charge in [0, 0.05) is 37.4 Å². The van der Waals surface area contributed by atoms with E-state index in [0.717, 1.165) is 26.1 Å². The molecule has 1 aromatic heterocycles. The Hall–Kier alpha value is -0.930. The predicted octanol–water partition coefficient (Wildman–Crippen LogP) is 2.61. The lowest BCUT2D eigenvalue weighted by molar-refractivity contribution is 0.0844. The molecule has 19 heavy (non-hydrogen) atoms. The van der Waals surface area contributed by atoms with E-state index in [1.54, 1.807) is 0 Å².